The van der Waals surface area contributed by atoms with E-state index in [-0.39, 0.29) is 5.91 Å². The number of anilines is 1. The van der Waals surface area contributed by atoms with E-state index in [2.05, 4.69) is 34.3 Å². The summed E-state index contributed by atoms with van der Waals surface area (Å²) >= 11 is 1.45. The molecule has 0 aliphatic rings. The quantitative estimate of drug-likeness (QED) is 0.761. The Labute approximate surface area is 138 Å². The van der Waals surface area contributed by atoms with Gasteiger partial charge in [-0.1, -0.05) is 43.4 Å². The van der Waals surface area contributed by atoms with E-state index < -0.39 is 0 Å². The van der Waals surface area contributed by atoms with Crippen LogP contribution in [0.3, 0.4) is 0 Å². The summed E-state index contributed by atoms with van der Waals surface area (Å²) in [5.41, 5.74) is 1.39. The van der Waals surface area contributed by atoms with E-state index in [4.69, 9.17) is 0 Å². The lowest BCUT2D eigenvalue weighted by atomic mass is 10.1. The molecule has 0 radical (unpaired) electrons. The van der Waals surface area contributed by atoms with Gasteiger partial charge in [0.15, 0.2) is 0 Å². The van der Waals surface area contributed by atoms with E-state index in [1.165, 1.54) is 11.3 Å². The molecule has 0 aliphatic carbocycles. The molecule has 5 nitrogen and oxygen atoms in total. The van der Waals surface area contributed by atoms with E-state index in [1.54, 1.807) is 12.3 Å². The molecule has 0 aliphatic heterocycles. The van der Waals surface area contributed by atoms with Crippen molar-refractivity contribution in [3.05, 3.63) is 47.1 Å². The van der Waals surface area contributed by atoms with Gasteiger partial charge in [0, 0.05) is 17.5 Å². The minimum atomic E-state index is -0.184. The summed E-state index contributed by atoms with van der Waals surface area (Å²) in [5.74, 6) is 0.218. The van der Waals surface area contributed by atoms with Gasteiger partial charge in [-0.2, -0.15) is 0 Å². The molecule has 0 atom stereocenters. The fourth-order valence-corrected chi connectivity index (χ4v) is 3.55. The average molecular weight is 326 g/mol. The SMILES string of the molecule is CCC(CC)c1nnc(NC(=O)c2ccnc3ccccc23)s1. The van der Waals surface area contributed by atoms with Crippen molar-refractivity contribution in [1.82, 2.24) is 15.2 Å². The van der Waals surface area contributed by atoms with E-state index in [0.29, 0.717) is 16.6 Å². The molecule has 0 bridgehead atoms. The van der Waals surface area contributed by atoms with Crippen molar-refractivity contribution in [2.75, 3.05) is 5.32 Å². The van der Waals surface area contributed by atoms with Crippen LogP contribution in [0.4, 0.5) is 5.13 Å². The van der Waals surface area contributed by atoms with Crippen molar-refractivity contribution in [3.63, 3.8) is 0 Å². The number of rotatable bonds is 5. The second-order valence-electron chi connectivity index (χ2n) is 5.29. The largest absolute Gasteiger partial charge is 0.296 e. The van der Waals surface area contributed by atoms with Crippen molar-refractivity contribution in [2.24, 2.45) is 0 Å². The highest BCUT2D eigenvalue weighted by Gasteiger charge is 2.16. The molecule has 23 heavy (non-hydrogen) atoms. The number of carbonyl (C=O) groups is 1. The van der Waals surface area contributed by atoms with Gasteiger partial charge in [-0.15, -0.1) is 10.2 Å². The van der Waals surface area contributed by atoms with Crippen molar-refractivity contribution in [1.29, 1.82) is 0 Å². The smallest absolute Gasteiger partial charge is 0.258 e. The Bertz CT molecular complexity index is 821. The fourth-order valence-electron chi connectivity index (χ4n) is 2.55. The van der Waals surface area contributed by atoms with Gasteiger partial charge in [-0.25, -0.2) is 0 Å². The summed E-state index contributed by atoms with van der Waals surface area (Å²) in [6.07, 6.45) is 3.69. The topological polar surface area (TPSA) is 67.8 Å². The Morgan fingerprint density at radius 2 is 1.96 bits per heavy atom. The molecular formula is C17H18N4OS. The third-order valence-corrected chi connectivity index (χ3v) is 4.89. The molecule has 1 amide bonds. The zero-order chi connectivity index (χ0) is 16.2. The Balaban J connectivity index is 1.84. The summed E-state index contributed by atoms with van der Waals surface area (Å²) in [5, 5.41) is 13.5. The highest BCUT2D eigenvalue weighted by molar-refractivity contribution is 7.15. The Kier molecular flexibility index (Phi) is 4.62. The van der Waals surface area contributed by atoms with Gasteiger partial charge in [0.05, 0.1) is 11.1 Å². The van der Waals surface area contributed by atoms with Crippen LogP contribution in [0.25, 0.3) is 10.9 Å². The first kappa shape index (κ1) is 15.6. The highest BCUT2D eigenvalue weighted by atomic mass is 32.1. The predicted octanol–water partition coefficient (Wildman–Crippen LogP) is 4.24. The van der Waals surface area contributed by atoms with E-state index in [1.807, 2.05) is 24.3 Å². The van der Waals surface area contributed by atoms with Crippen LogP contribution in [0.15, 0.2) is 36.5 Å². The van der Waals surface area contributed by atoms with Gasteiger partial charge in [0.25, 0.3) is 5.91 Å². The van der Waals surface area contributed by atoms with Crippen molar-refractivity contribution < 1.29 is 4.79 Å². The van der Waals surface area contributed by atoms with Crippen LogP contribution in [-0.4, -0.2) is 21.1 Å². The van der Waals surface area contributed by atoms with Gasteiger partial charge in [0.1, 0.15) is 5.01 Å². The number of aromatic nitrogens is 3. The zero-order valence-corrected chi connectivity index (χ0v) is 13.9. The third-order valence-electron chi connectivity index (χ3n) is 3.89. The van der Waals surface area contributed by atoms with Crippen LogP contribution in [0.2, 0.25) is 0 Å². The van der Waals surface area contributed by atoms with Crippen LogP contribution in [0.5, 0.6) is 0 Å². The molecular weight excluding hydrogens is 308 g/mol. The zero-order valence-electron chi connectivity index (χ0n) is 13.1. The van der Waals surface area contributed by atoms with Crippen LogP contribution in [0.1, 0.15) is 48.0 Å². The predicted molar refractivity (Wildman–Crippen MR) is 92.9 cm³/mol. The molecule has 3 rings (SSSR count). The fraction of sp³-hybridized carbons (Fsp3) is 0.294. The lowest BCUT2D eigenvalue weighted by Gasteiger charge is -2.06. The second kappa shape index (κ2) is 6.83. The van der Waals surface area contributed by atoms with Gasteiger partial charge in [-0.3, -0.25) is 15.1 Å². The number of amides is 1. The molecule has 0 saturated carbocycles. The molecule has 0 saturated heterocycles. The highest BCUT2D eigenvalue weighted by Crippen LogP contribution is 2.28. The number of hydrogen-bond acceptors (Lipinski definition) is 5. The number of pyridine rings is 1. The Morgan fingerprint density at radius 3 is 2.74 bits per heavy atom. The van der Waals surface area contributed by atoms with Crippen molar-refractivity contribution >= 4 is 33.3 Å². The van der Waals surface area contributed by atoms with Gasteiger partial charge in [-0.05, 0) is 25.0 Å². The standard InChI is InChI=1S/C17H18N4OS/c1-3-11(4-2)16-20-21-17(23-16)19-15(22)13-9-10-18-14-8-6-5-7-12(13)14/h5-11H,3-4H2,1-2H3,(H,19,21,22). The molecule has 2 aromatic heterocycles. The lowest BCUT2D eigenvalue weighted by molar-refractivity contribution is 0.102. The van der Waals surface area contributed by atoms with Crippen molar-refractivity contribution in [2.45, 2.75) is 32.6 Å². The number of hydrogen-bond donors (Lipinski definition) is 1. The molecule has 1 N–H and O–H groups in total. The first-order valence-electron chi connectivity index (χ1n) is 7.71. The first-order chi connectivity index (χ1) is 11.2. The van der Waals surface area contributed by atoms with Crippen LogP contribution in [0, 0.1) is 0 Å². The number of benzene rings is 1. The summed E-state index contributed by atoms with van der Waals surface area (Å²) in [4.78, 5) is 16.8. The van der Waals surface area contributed by atoms with Gasteiger partial charge in [0.2, 0.25) is 5.13 Å². The molecule has 1 aromatic carbocycles. The molecule has 118 valence electrons. The van der Waals surface area contributed by atoms with E-state index in [9.17, 15) is 4.79 Å². The molecule has 6 heteroatoms. The maximum absolute atomic E-state index is 12.5. The maximum Gasteiger partial charge on any atom is 0.258 e. The lowest BCUT2D eigenvalue weighted by Crippen LogP contribution is -2.12. The monoisotopic (exact) mass is 326 g/mol. The summed E-state index contributed by atoms with van der Waals surface area (Å²) in [7, 11) is 0. The van der Waals surface area contributed by atoms with Crippen LogP contribution >= 0.6 is 11.3 Å². The Morgan fingerprint density at radius 1 is 1.17 bits per heavy atom. The minimum Gasteiger partial charge on any atom is -0.296 e. The number of para-hydroxylation sites is 1. The van der Waals surface area contributed by atoms with E-state index >= 15 is 0 Å². The Hall–Kier alpha value is -2.34. The molecule has 2 heterocycles. The average Bonchev–Trinajstić information content (AvgIpc) is 3.03. The maximum atomic E-state index is 12.5. The molecule has 0 spiro atoms. The summed E-state index contributed by atoms with van der Waals surface area (Å²) in [6, 6.07) is 9.32. The summed E-state index contributed by atoms with van der Waals surface area (Å²) in [6.45, 7) is 4.27. The van der Waals surface area contributed by atoms with Crippen LogP contribution in [-0.2, 0) is 0 Å². The molecule has 0 unspecified atom stereocenters. The van der Waals surface area contributed by atoms with Gasteiger partial charge >= 0.3 is 0 Å². The number of nitrogens with zero attached hydrogens (tertiary/aromatic N) is 3. The number of carbonyl (C=O) groups excluding carboxylic acids is 1. The molecule has 0 fully saturated rings. The number of nitrogens with one attached hydrogen (secondary N) is 1. The molecule has 3 aromatic rings. The summed E-state index contributed by atoms with van der Waals surface area (Å²) < 4.78 is 0. The van der Waals surface area contributed by atoms with Crippen molar-refractivity contribution in [3.8, 4) is 0 Å². The van der Waals surface area contributed by atoms with Crippen LogP contribution < -0.4 is 5.32 Å². The van der Waals surface area contributed by atoms with Gasteiger partial charge < -0.3 is 0 Å². The first-order valence-corrected chi connectivity index (χ1v) is 8.53. The van der Waals surface area contributed by atoms with E-state index in [0.717, 1.165) is 28.8 Å². The second-order valence-corrected chi connectivity index (χ2v) is 6.30. The minimum absolute atomic E-state index is 0.184. The normalized spacial score (nSPS) is 11.1. The number of fused-ring (bicyclic) bond motifs is 1. The third kappa shape index (κ3) is 3.22.